The molecule has 0 fully saturated rings. The molecular weight excluding hydrogens is 228 g/mol. The number of rotatable bonds is 4. The average Bonchev–Trinajstić information content (AvgIpc) is 2.34. The van der Waals surface area contributed by atoms with E-state index < -0.39 is 16.6 Å². The third-order valence-corrected chi connectivity index (χ3v) is 1.86. The molecule has 0 aromatic carbocycles. The number of hydrogen-bond donors (Lipinski definition) is 1. The molecule has 1 N–H and O–H groups in total. The summed E-state index contributed by atoms with van der Waals surface area (Å²) in [5, 5.41) is 21.9. The predicted octanol–water partition coefficient (Wildman–Crippen LogP) is 0.446. The van der Waals surface area contributed by atoms with Crippen molar-refractivity contribution >= 4 is 17.5 Å². The minimum absolute atomic E-state index is 0.127. The highest BCUT2D eigenvalue weighted by Crippen LogP contribution is 2.25. The van der Waals surface area contributed by atoms with Crippen LogP contribution in [0.3, 0.4) is 0 Å². The molecule has 0 aliphatic heterocycles. The van der Waals surface area contributed by atoms with E-state index in [4.69, 9.17) is 5.26 Å². The minimum Gasteiger partial charge on any atom is -0.468 e. The van der Waals surface area contributed by atoms with Crippen LogP contribution in [0.2, 0.25) is 0 Å². The highest BCUT2D eigenvalue weighted by Gasteiger charge is 2.21. The molecule has 0 saturated carbocycles. The molecule has 1 aromatic rings. The van der Waals surface area contributed by atoms with Crippen molar-refractivity contribution in [3.05, 3.63) is 27.9 Å². The van der Waals surface area contributed by atoms with Crippen LogP contribution in [0.1, 0.15) is 5.56 Å². The van der Waals surface area contributed by atoms with Crippen LogP contribution in [0.25, 0.3) is 0 Å². The number of anilines is 1. The summed E-state index contributed by atoms with van der Waals surface area (Å²) in [6, 6.07) is 2.90. The van der Waals surface area contributed by atoms with Crippen molar-refractivity contribution in [3.8, 4) is 6.07 Å². The third-order valence-electron chi connectivity index (χ3n) is 1.86. The second kappa shape index (κ2) is 5.41. The van der Waals surface area contributed by atoms with Crippen molar-refractivity contribution < 1.29 is 14.5 Å². The number of nitrogens with one attached hydrogen (secondary N) is 1. The molecule has 0 bridgehead atoms. The number of pyridine rings is 1. The molecule has 0 unspecified atom stereocenters. The average molecular weight is 236 g/mol. The third kappa shape index (κ3) is 2.88. The Bertz CT molecular complexity index is 494. The summed E-state index contributed by atoms with van der Waals surface area (Å²) in [7, 11) is 1.19. The van der Waals surface area contributed by atoms with Gasteiger partial charge in [0.05, 0.1) is 12.0 Å². The molecule has 17 heavy (non-hydrogen) atoms. The fraction of sp³-hybridized carbons (Fsp3) is 0.222. The second-order valence-corrected chi connectivity index (χ2v) is 2.85. The van der Waals surface area contributed by atoms with Gasteiger partial charge >= 0.3 is 11.7 Å². The van der Waals surface area contributed by atoms with E-state index in [0.717, 1.165) is 0 Å². The van der Waals surface area contributed by atoms with Crippen LogP contribution in [0.4, 0.5) is 11.5 Å². The number of carbonyl (C=O) groups is 1. The summed E-state index contributed by atoms with van der Waals surface area (Å²) in [5.41, 5.74) is -0.587. The van der Waals surface area contributed by atoms with Gasteiger partial charge < -0.3 is 10.1 Å². The molecular formula is C9H8N4O4. The van der Waals surface area contributed by atoms with Gasteiger partial charge in [0, 0.05) is 6.20 Å². The molecule has 0 atom stereocenters. The number of nitro groups is 1. The van der Waals surface area contributed by atoms with Gasteiger partial charge in [0.25, 0.3) is 0 Å². The predicted molar refractivity (Wildman–Crippen MR) is 56.1 cm³/mol. The first-order valence-corrected chi connectivity index (χ1v) is 4.44. The number of carbonyl (C=O) groups excluding carboxylic acids is 1. The van der Waals surface area contributed by atoms with Gasteiger partial charge in [-0.3, -0.25) is 14.9 Å². The zero-order chi connectivity index (χ0) is 12.8. The van der Waals surface area contributed by atoms with Crippen molar-refractivity contribution in [2.24, 2.45) is 0 Å². The highest BCUT2D eigenvalue weighted by atomic mass is 16.6. The van der Waals surface area contributed by atoms with Crippen LogP contribution in [-0.2, 0) is 9.53 Å². The zero-order valence-corrected chi connectivity index (χ0v) is 8.84. The van der Waals surface area contributed by atoms with Crippen molar-refractivity contribution in [3.63, 3.8) is 0 Å². The first-order valence-electron chi connectivity index (χ1n) is 4.44. The quantitative estimate of drug-likeness (QED) is 0.457. The van der Waals surface area contributed by atoms with Gasteiger partial charge in [0.1, 0.15) is 18.2 Å². The molecule has 0 aliphatic rings. The molecule has 0 spiro atoms. The number of nitriles is 1. The van der Waals surface area contributed by atoms with Crippen LogP contribution < -0.4 is 5.32 Å². The van der Waals surface area contributed by atoms with Gasteiger partial charge in [-0.25, -0.2) is 4.98 Å². The normalized spacial score (nSPS) is 9.18. The lowest BCUT2D eigenvalue weighted by molar-refractivity contribution is -0.384. The van der Waals surface area contributed by atoms with Gasteiger partial charge in [0.15, 0.2) is 0 Å². The van der Waals surface area contributed by atoms with Gasteiger partial charge in [0.2, 0.25) is 5.82 Å². The van der Waals surface area contributed by atoms with Crippen molar-refractivity contribution in [1.29, 1.82) is 5.26 Å². The monoisotopic (exact) mass is 236 g/mol. The molecule has 1 aromatic heterocycles. The number of hydrogen-bond acceptors (Lipinski definition) is 7. The Kier molecular flexibility index (Phi) is 3.94. The maximum absolute atomic E-state index is 10.9. The molecule has 0 radical (unpaired) electrons. The topological polar surface area (TPSA) is 118 Å². The number of aromatic nitrogens is 1. The Balaban J connectivity index is 3.03. The molecule has 8 nitrogen and oxygen atoms in total. The van der Waals surface area contributed by atoms with E-state index >= 15 is 0 Å². The van der Waals surface area contributed by atoms with Gasteiger partial charge in [-0.15, -0.1) is 0 Å². The SMILES string of the molecule is COC(=O)CNc1nccc(C#N)c1[N+](=O)[O-]. The van der Waals surface area contributed by atoms with E-state index in [0.29, 0.717) is 0 Å². The molecule has 8 heteroatoms. The lowest BCUT2D eigenvalue weighted by atomic mass is 10.2. The molecule has 1 rings (SSSR count). The Morgan fingerprint density at radius 2 is 2.47 bits per heavy atom. The van der Waals surface area contributed by atoms with Crippen molar-refractivity contribution in [2.45, 2.75) is 0 Å². The summed E-state index contributed by atoms with van der Waals surface area (Å²) in [6.45, 7) is -0.265. The van der Waals surface area contributed by atoms with E-state index in [-0.39, 0.29) is 17.9 Å². The first-order chi connectivity index (χ1) is 8.10. The molecule has 0 amide bonds. The van der Waals surface area contributed by atoms with Crippen LogP contribution in [-0.4, -0.2) is 29.5 Å². The fourth-order valence-electron chi connectivity index (χ4n) is 1.09. The molecule has 1 heterocycles. The van der Waals surface area contributed by atoms with Crippen LogP contribution in [0.5, 0.6) is 0 Å². The summed E-state index contributed by atoms with van der Waals surface area (Å²) < 4.78 is 4.36. The van der Waals surface area contributed by atoms with E-state index in [1.807, 2.05) is 0 Å². The van der Waals surface area contributed by atoms with Crippen molar-refractivity contribution in [2.75, 3.05) is 19.0 Å². The smallest absolute Gasteiger partial charge is 0.328 e. The Hall–Kier alpha value is -2.69. The summed E-state index contributed by atoms with van der Waals surface area (Å²) in [4.78, 5) is 24.6. The van der Waals surface area contributed by atoms with E-state index in [9.17, 15) is 14.9 Å². The zero-order valence-electron chi connectivity index (χ0n) is 8.84. The maximum Gasteiger partial charge on any atom is 0.328 e. The Morgan fingerprint density at radius 3 is 3.00 bits per heavy atom. The maximum atomic E-state index is 10.9. The number of ether oxygens (including phenoxy) is 1. The summed E-state index contributed by atoms with van der Waals surface area (Å²) >= 11 is 0. The lowest BCUT2D eigenvalue weighted by Gasteiger charge is -2.05. The summed E-state index contributed by atoms with van der Waals surface area (Å²) in [6.07, 6.45) is 1.24. The molecule has 0 aliphatic carbocycles. The molecule has 0 saturated heterocycles. The van der Waals surface area contributed by atoms with E-state index in [2.05, 4.69) is 15.0 Å². The fourth-order valence-corrected chi connectivity index (χ4v) is 1.09. The highest BCUT2D eigenvalue weighted by molar-refractivity contribution is 5.76. The van der Waals surface area contributed by atoms with Gasteiger partial charge in [-0.05, 0) is 6.07 Å². The van der Waals surface area contributed by atoms with E-state index in [1.165, 1.54) is 19.4 Å². The number of esters is 1. The van der Waals surface area contributed by atoms with Crippen molar-refractivity contribution in [1.82, 2.24) is 4.98 Å². The number of methoxy groups -OCH3 is 1. The largest absolute Gasteiger partial charge is 0.468 e. The lowest BCUT2D eigenvalue weighted by Crippen LogP contribution is -2.16. The van der Waals surface area contributed by atoms with Crippen LogP contribution in [0, 0.1) is 21.4 Å². The summed E-state index contributed by atoms with van der Waals surface area (Å²) in [5.74, 6) is -0.733. The first kappa shape index (κ1) is 12.4. The van der Waals surface area contributed by atoms with Crippen LogP contribution >= 0.6 is 0 Å². The molecule has 88 valence electrons. The van der Waals surface area contributed by atoms with Gasteiger partial charge in [-0.2, -0.15) is 5.26 Å². The second-order valence-electron chi connectivity index (χ2n) is 2.85. The minimum atomic E-state index is -0.731. The Labute approximate surface area is 96.0 Å². The standard InChI is InChI=1S/C9H8N4O4/c1-17-7(14)5-12-9-8(13(15)16)6(4-10)2-3-11-9/h2-3H,5H2,1H3,(H,11,12). The van der Waals surface area contributed by atoms with E-state index in [1.54, 1.807) is 6.07 Å². The Morgan fingerprint density at radius 1 is 1.76 bits per heavy atom. The van der Waals surface area contributed by atoms with Crippen LogP contribution in [0.15, 0.2) is 12.3 Å². The van der Waals surface area contributed by atoms with Gasteiger partial charge in [-0.1, -0.05) is 0 Å². The number of nitrogens with zero attached hydrogens (tertiary/aromatic N) is 3.